The van der Waals surface area contributed by atoms with Crippen LogP contribution >= 0.6 is 0 Å². The molecule has 0 aliphatic heterocycles. The number of aliphatic hydroxyl groups is 1. The lowest BCUT2D eigenvalue weighted by atomic mass is 9.88. The molecule has 0 spiro atoms. The molecule has 174 valence electrons. The molecular formula is C28H35N3O2. The summed E-state index contributed by atoms with van der Waals surface area (Å²) in [5, 5.41) is 9.42. The third-order valence-electron chi connectivity index (χ3n) is 7.57. The van der Waals surface area contributed by atoms with E-state index in [0.29, 0.717) is 18.6 Å². The maximum Gasteiger partial charge on any atom is 0.243 e. The second-order valence-electron chi connectivity index (χ2n) is 9.75. The Labute approximate surface area is 196 Å². The van der Waals surface area contributed by atoms with Gasteiger partial charge in [0.15, 0.2) is 0 Å². The van der Waals surface area contributed by atoms with E-state index in [2.05, 4.69) is 15.5 Å². The van der Waals surface area contributed by atoms with Crippen molar-refractivity contribution in [2.45, 2.75) is 89.4 Å². The maximum atomic E-state index is 14.0. The minimum atomic E-state index is 0.0208. The van der Waals surface area contributed by atoms with Crippen molar-refractivity contribution in [3.8, 4) is 11.4 Å². The number of benzene rings is 2. The van der Waals surface area contributed by atoms with Gasteiger partial charge in [0, 0.05) is 17.6 Å². The third-order valence-corrected chi connectivity index (χ3v) is 7.57. The second-order valence-corrected chi connectivity index (χ2v) is 9.75. The van der Waals surface area contributed by atoms with Crippen LogP contribution in [0.15, 0.2) is 48.5 Å². The van der Waals surface area contributed by atoms with Crippen molar-refractivity contribution in [2.75, 3.05) is 0 Å². The third kappa shape index (κ3) is 4.70. The van der Waals surface area contributed by atoms with Gasteiger partial charge in [0.1, 0.15) is 12.4 Å². The predicted molar refractivity (Wildman–Crippen MR) is 132 cm³/mol. The number of aliphatic hydroxyl groups excluding tert-OH is 1. The van der Waals surface area contributed by atoms with E-state index < -0.39 is 0 Å². The zero-order chi connectivity index (χ0) is 22.6. The fourth-order valence-electron chi connectivity index (χ4n) is 5.86. The number of hydrogen-bond donors (Lipinski definition) is 1. The van der Waals surface area contributed by atoms with E-state index >= 15 is 0 Å². The lowest BCUT2D eigenvalue weighted by Gasteiger charge is -2.42. The van der Waals surface area contributed by atoms with Gasteiger partial charge in [-0.25, -0.2) is 4.98 Å². The van der Waals surface area contributed by atoms with Gasteiger partial charge < -0.3 is 14.6 Å². The molecule has 5 heteroatoms. The van der Waals surface area contributed by atoms with Crippen molar-refractivity contribution in [1.82, 2.24) is 14.5 Å². The molecule has 5 rings (SSSR count). The molecule has 1 amide bonds. The van der Waals surface area contributed by atoms with Crippen molar-refractivity contribution in [1.29, 1.82) is 0 Å². The highest BCUT2D eigenvalue weighted by atomic mass is 16.3. The summed E-state index contributed by atoms with van der Waals surface area (Å²) in [6.07, 6.45) is 12.1. The first-order valence-corrected chi connectivity index (χ1v) is 12.7. The predicted octanol–water partition coefficient (Wildman–Crippen LogP) is 5.69. The van der Waals surface area contributed by atoms with Crippen molar-refractivity contribution < 1.29 is 9.90 Å². The molecule has 0 unspecified atom stereocenters. The van der Waals surface area contributed by atoms with E-state index in [4.69, 9.17) is 4.98 Å². The van der Waals surface area contributed by atoms with Crippen molar-refractivity contribution >= 4 is 16.9 Å². The standard InChI is InChI=1S/C28H35N3O2/c32-20-21-15-17-22(18-16-21)28-29-25-13-7-8-14-26(25)30(28)19-27(33)31(23-9-3-1-4-10-23)24-11-5-2-6-12-24/h7-8,13-18,23-24,32H,1-6,9-12,19-20H2. The summed E-state index contributed by atoms with van der Waals surface area (Å²) in [6.45, 7) is 0.345. The normalized spacial score (nSPS) is 18.0. The van der Waals surface area contributed by atoms with Crippen LogP contribution in [-0.2, 0) is 17.9 Å². The number of carbonyl (C=O) groups excluding carboxylic acids is 1. The minimum absolute atomic E-state index is 0.0208. The molecule has 0 bridgehead atoms. The van der Waals surface area contributed by atoms with E-state index in [1.165, 1.54) is 38.5 Å². The zero-order valence-corrected chi connectivity index (χ0v) is 19.5. The van der Waals surface area contributed by atoms with Crippen LogP contribution in [0.4, 0.5) is 0 Å². The Hall–Kier alpha value is -2.66. The lowest BCUT2D eigenvalue weighted by molar-refractivity contribution is -0.138. The number of amides is 1. The molecule has 2 saturated carbocycles. The number of imidazole rings is 1. The zero-order valence-electron chi connectivity index (χ0n) is 19.5. The fourth-order valence-corrected chi connectivity index (χ4v) is 5.86. The Balaban J connectivity index is 1.50. The van der Waals surface area contributed by atoms with Crippen molar-refractivity contribution in [2.24, 2.45) is 0 Å². The van der Waals surface area contributed by atoms with E-state index in [-0.39, 0.29) is 12.5 Å². The average Bonchev–Trinajstić information content (AvgIpc) is 3.24. The Kier molecular flexibility index (Phi) is 6.77. The minimum Gasteiger partial charge on any atom is -0.392 e. The van der Waals surface area contributed by atoms with Gasteiger partial charge in [-0.05, 0) is 43.4 Å². The fraction of sp³-hybridized carbons (Fsp3) is 0.500. The summed E-state index contributed by atoms with van der Waals surface area (Å²) < 4.78 is 2.10. The first-order chi connectivity index (χ1) is 16.2. The lowest BCUT2D eigenvalue weighted by Crippen LogP contribution is -2.50. The largest absolute Gasteiger partial charge is 0.392 e. The number of hydrogen-bond acceptors (Lipinski definition) is 3. The number of para-hydroxylation sites is 2. The van der Waals surface area contributed by atoms with Crippen LogP contribution in [-0.4, -0.2) is 37.5 Å². The van der Waals surface area contributed by atoms with E-state index in [1.54, 1.807) is 0 Å². The SMILES string of the molecule is O=C(Cn1c(-c2ccc(CO)cc2)nc2ccccc21)N(C1CCCCC1)C1CCCCC1. The summed E-state index contributed by atoms with van der Waals surface area (Å²) >= 11 is 0. The Bertz CT molecular complexity index is 1060. The van der Waals surface area contributed by atoms with Gasteiger partial charge >= 0.3 is 0 Å². The molecule has 2 aliphatic rings. The first kappa shape index (κ1) is 22.1. The Morgan fingerprint density at radius 2 is 1.48 bits per heavy atom. The average molecular weight is 446 g/mol. The molecule has 1 N–H and O–H groups in total. The van der Waals surface area contributed by atoms with Crippen molar-refractivity contribution in [3.63, 3.8) is 0 Å². The molecule has 33 heavy (non-hydrogen) atoms. The van der Waals surface area contributed by atoms with Crippen LogP contribution < -0.4 is 0 Å². The van der Waals surface area contributed by atoms with Gasteiger partial charge in [0.2, 0.25) is 5.91 Å². The number of carbonyl (C=O) groups is 1. The van der Waals surface area contributed by atoms with Gasteiger partial charge in [0.05, 0.1) is 17.6 Å². The first-order valence-electron chi connectivity index (χ1n) is 12.7. The maximum absolute atomic E-state index is 14.0. The summed E-state index contributed by atoms with van der Waals surface area (Å²) in [6, 6.07) is 16.7. The van der Waals surface area contributed by atoms with Gasteiger partial charge in [-0.15, -0.1) is 0 Å². The molecule has 2 aliphatic carbocycles. The quantitative estimate of drug-likeness (QED) is 0.530. The van der Waals surface area contributed by atoms with Gasteiger partial charge in [0.25, 0.3) is 0 Å². The van der Waals surface area contributed by atoms with E-state index in [0.717, 1.165) is 53.7 Å². The van der Waals surface area contributed by atoms with Crippen molar-refractivity contribution in [3.05, 3.63) is 54.1 Å². The van der Waals surface area contributed by atoms with E-state index in [9.17, 15) is 9.90 Å². The monoisotopic (exact) mass is 445 g/mol. The Morgan fingerprint density at radius 1 is 0.879 bits per heavy atom. The summed E-state index contributed by atoms with van der Waals surface area (Å²) in [5.74, 6) is 1.06. The molecule has 2 aromatic carbocycles. The topological polar surface area (TPSA) is 58.4 Å². The highest BCUT2D eigenvalue weighted by molar-refractivity contribution is 5.85. The summed E-state index contributed by atoms with van der Waals surface area (Å²) in [7, 11) is 0. The van der Waals surface area contributed by atoms with Gasteiger partial charge in [-0.2, -0.15) is 0 Å². The van der Waals surface area contributed by atoms with Crippen LogP contribution in [0.5, 0.6) is 0 Å². The van der Waals surface area contributed by atoms with Crippen LogP contribution in [0.2, 0.25) is 0 Å². The molecule has 2 fully saturated rings. The second kappa shape index (κ2) is 10.1. The van der Waals surface area contributed by atoms with Crippen LogP contribution in [0.1, 0.15) is 69.8 Å². The van der Waals surface area contributed by atoms with E-state index in [1.807, 2.05) is 42.5 Å². The van der Waals surface area contributed by atoms with Gasteiger partial charge in [-0.1, -0.05) is 74.9 Å². The smallest absolute Gasteiger partial charge is 0.243 e. The molecule has 0 atom stereocenters. The summed E-state index contributed by atoms with van der Waals surface area (Å²) in [5.41, 5.74) is 3.75. The number of rotatable bonds is 6. The van der Waals surface area contributed by atoms with Gasteiger partial charge in [-0.3, -0.25) is 4.79 Å². The van der Waals surface area contributed by atoms with Crippen LogP contribution in [0.3, 0.4) is 0 Å². The van der Waals surface area contributed by atoms with Crippen LogP contribution in [0, 0.1) is 0 Å². The molecular weight excluding hydrogens is 410 g/mol. The molecule has 0 saturated heterocycles. The highest BCUT2D eigenvalue weighted by Gasteiger charge is 2.33. The Morgan fingerprint density at radius 3 is 2.09 bits per heavy atom. The number of nitrogens with zero attached hydrogens (tertiary/aromatic N) is 3. The summed E-state index contributed by atoms with van der Waals surface area (Å²) in [4.78, 5) is 21.2. The molecule has 1 heterocycles. The molecule has 1 aromatic heterocycles. The highest BCUT2D eigenvalue weighted by Crippen LogP contribution is 2.32. The van der Waals surface area contributed by atoms with Crippen LogP contribution in [0.25, 0.3) is 22.4 Å². The molecule has 0 radical (unpaired) electrons. The molecule has 3 aromatic rings. The molecule has 5 nitrogen and oxygen atoms in total. The number of aromatic nitrogens is 2. The number of fused-ring (bicyclic) bond motifs is 1.